The molecule has 1 heterocycles. The van der Waals surface area contributed by atoms with Gasteiger partial charge >= 0.3 is 0 Å². The van der Waals surface area contributed by atoms with E-state index in [1.165, 1.54) is 6.42 Å². The summed E-state index contributed by atoms with van der Waals surface area (Å²) in [5, 5.41) is 6.70. The van der Waals surface area contributed by atoms with E-state index in [4.69, 9.17) is 4.74 Å². The number of anilines is 1. The van der Waals surface area contributed by atoms with E-state index >= 15 is 0 Å². The molecular formula is C13H19FN2O. The molecule has 0 spiro atoms. The number of methoxy groups -OCH3 is 1. The molecule has 1 unspecified atom stereocenters. The van der Waals surface area contributed by atoms with Crippen molar-refractivity contribution in [3.63, 3.8) is 0 Å². The van der Waals surface area contributed by atoms with E-state index in [-0.39, 0.29) is 0 Å². The van der Waals surface area contributed by atoms with Gasteiger partial charge in [0.05, 0.1) is 12.8 Å². The molecule has 2 rings (SSSR count). The SMILES string of the molecule is COc1cc(CF)ccc1NCC1CCNC1. The fourth-order valence-electron chi connectivity index (χ4n) is 2.11. The predicted octanol–water partition coefficient (Wildman–Crippen LogP) is 2.19. The molecule has 0 bridgehead atoms. The van der Waals surface area contributed by atoms with Crippen molar-refractivity contribution in [2.24, 2.45) is 5.92 Å². The first-order valence-electron chi connectivity index (χ1n) is 6.01. The first-order chi connectivity index (χ1) is 8.33. The zero-order valence-electron chi connectivity index (χ0n) is 10.1. The van der Waals surface area contributed by atoms with Gasteiger partial charge in [-0.2, -0.15) is 0 Å². The topological polar surface area (TPSA) is 33.3 Å². The second-order valence-electron chi connectivity index (χ2n) is 4.41. The minimum Gasteiger partial charge on any atom is -0.495 e. The standard InChI is InChI=1S/C13H19FN2O/c1-17-13-6-10(7-14)2-3-12(13)16-9-11-4-5-15-8-11/h2-3,6,11,15-16H,4-5,7-9H2,1H3. The normalized spacial score (nSPS) is 19.3. The Bertz CT molecular complexity index is 364. The van der Waals surface area contributed by atoms with Gasteiger partial charge in [0, 0.05) is 6.54 Å². The lowest BCUT2D eigenvalue weighted by Gasteiger charge is -2.14. The van der Waals surface area contributed by atoms with Crippen molar-refractivity contribution in [3.8, 4) is 5.75 Å². The van der Waals surface area contributed by atoms with Gasteiger partial charge in [0.25, 0.3) is 0 Å². The fourth-order valence-corrected chi connectivity index (χ4v) is 2.11. The van der Waals surface area contributed by atoms with Gasteiger partial charge in [-0.15, -0.1) is 0 Å². The Labute approximate surface area is 101 Å². The molecule has 1 atom stereocenters. The summed E-state index contributed by atoms with van der Waals surface area (Å²) in [4.78, 5) is 0. The summed E-state index contributed by atoms with van der Waals surface area (Å²) in [5.41, 5.74) is 1.59. The highest BCUT2D eigenvalue weighted by atomic mass is 19.1. The summed E-state index contributed by atoms with van der Waals surface area (Å²) >= 11 is 0. The van der Waals surface area contributed by atoms with Gasteiger partial charge in [-0.05, 0) is 43.1 Å². The fraction of sp³-hybridized carbons (Fsp3) is 0.538. The van der Waals surface area contributed by atoms with Crippen LogP contribution in [0.25, 0.3) is 0 Å². The van der Waals surface area contributed by atoms with Crippen molar-refractivity contribution in [2.45, 2.75) is 13.1 Å². The van der Waals surface area contributed by atoms with E-state index in [2.05, 4.69) is 10.6 Å². The van der Waals surface area contributed by atoms with Crippen LogP contribution in [-0.4, -0.2) is 26.7 Å². The van der Waals surface area contributed by atoms with Crippen LogP contribution in [0.4, 0.5) is 10.1 Å². The van der Waals surface area contributed by atoms with Gasteiger partial charge < -0.3 is 15.4 Å². The smallest absolute Gasteiger partial charge is 0.142 e. The average molecular weight is 238 g/mol. The zero-order valence-corrected chi connectivity index (χ0v) is 10.1. The van der Waals surface area contributed by atoms with E-state index < -0.39 is 6.67 Å². The molecule has 17 heavy (non-hydrogen) atoms. The number of hydrogen-bond donors (Lipinski definition) is 2. The van der Waals surface area contributed by atoms with Crippen molar-refractivity contribution in [1.29, 1.82) is 0 Å². The molecule has 3 nitrogen and oxygen atoms in total. The largest absolute Gasteiger partial charge is 0.495 e. The molecule has 1 aromatic rings. The van der Waals surface area contributed by atoms with Crippen LogP contribution in [0.15, 0.2) is 18.2 Å². The molecule has 2 N–H and O–H groups in total. The number of alkyl halides is 1. The summed E-state index contributed by atoms with van der Waals surface area (Å²) < 4.78 is 17.8. The van der Waals surface area contributed by atoms with Crippen LogP contribution in [0.3, 0.4) is 0 Å². The number of nitrogens with one attached hydrogen (secondary N) is 2. The minimum atomic E-state index is -0.455. The molecule has 1 fully saturated rings. The third-order valence-electron chi connectivity index (χ3n) is 3.16. The molecular weight excluding hydrogens is 219 g/mol. The lowest BCUT2D eigenvalue weighted by atomic mass is 10.1. The Morgan fingerprint density at radius 3 is 3.06 bits per heavy atom. The van der Waals surface area contributed by atoms with Gasteiger partial charge in [0.2, 0.25) is 0 Å². The Kier molecular flexibility index (Phi) is 4.20. The molecule has 0 aliphatic carbocycles. The number of hydrogen-bond acceptors (Lipinski definition) is 3. The summed E-state index contributed by atoms with van der Waals surface area (Å²) in [6.07, 6.45) is 1.21. The lowest BCUT2D eigenvalue weighted by Crippen LogP contribution is -2.17. The second kappa shape index (κ2) is 5.87. The maximum Gasteiger partial charge on any atom is 0.142 e. The van der Waals surface area contributed by atoms with Gasteiger partial charge in [-0.25, -0.2) is 4.39 Å². The van der Waals surface area contributed by atoms with E-state index in [0.29, 0.717) is 17.2 Å². The van der Waals surface area contributed by atoms with Crippen molar-refractivity contribution in [1.82, 2.24) is 5.32 Å². The summed E-state index contributed by atoms with van der Waals surface area (Å²) in [6, 6.07) is 5.42. The van der Waals surface area contributed by atoms with Crippen molar-refractivity contribution < 1.29 is 9.13 Å². The van der Waals surface area contributed by atoms with E-state index in [1.54, 1.807) is 19.2 Å². The molecule has 1 aliphatic heterocycles. The quantitative estimate of drug-likeness (QED) is 0.825. The number of halogens is 1. The molecule has 1 aromatic carbocycles. The Morgan fingerprint density at radius 1 is 1.53 bits per heavy atom. The number of rotatable bonds is 5. The molecule has 1 aliphatic rings. The van der Waals surface area contributed by atoms with Crippen LogP contribution >= 0.6 is 0 Å². The molecule has 4 heteroatoms. The Hall–Kier alpha value is -1.29. The third kappa shape index (κ3) is 3.09. The van der Waals surface area contributed by atoms with E-state index in [1.807, 2.05) is 6.07 Å². The van der Waals surface area contributed by atoms with Crippen molar-refractivity contribution >= 4 is 5.69 Å². The zero-order chi connectivity index (χ0) is 12.1. The van der Waals surface area contributed by atoms with Crippen LogP contribution in [-0.2, 0) is 6.67 Å². The van der Waals surface area contributed by atoms with Crippen LogP contribution in [0, 0.1) is 5.92 Å². The van der Waals surface area contributed by atoms with Crippen LogP contribution < -0.4 is 15.4 Å². The minimum absolute atomic E-state index is 0.455. The highest BCUT2D eigenvalue weighted by Crippen LogP contribution is 2.26. The second-order valence-corrected chi connectivity index (χ2v) is 4.41. The van der Waals surface area contributed by atoms with Crippen LogP contribution in [0.2, 0.25) is 0 Å². The van der Waals surface area contributed by atoms with Gasteiger partial charge in [0.15, 0.2) is 0 Å². The first-order valence-corrected chi connectivity index (χ1v) is 6.01. The summed E-state index contributed by atoms with van der Waals surface area (Å²) in [6.45, 7) is 2.64. The molecule has 0 aromatic heterocycles. The summed E-state index contributed by atoms with van der Waals surface area (Å²) in [7, 11) is 1.61. The molecule has 0 radical (unpaired) electrons. The third-order valence-corrected chi connectivity index (χ3v) is 3.16. The summed E-state index contributed by atoms with van der Waals surface area (Å²) in [5.74, 6) is 1.38. The van der Waals surface area contributed by atoms with E-state index in [9.17, 15) is 4.39 Å². The first kappa shape index (κ1) is 12.2. The molecule has 0 amide bonds. The number of benzene rings is 1. The predicted molar refractivity (Wildman–Crippen MR) is 67.3 cm³/mol. The Balaban J connectivity index is 1.98. The maximum atomic E-state index is 12.5. The molecule has 0 saturated carbocycles. The van der Waals surface area contributed by atoms with Gasteiger partial charge in [0.1, 0.15) is 12.4 Å². The number of ether oxygens (including phenoxy) is 1. The van der Waals surface area contributed by atoms with Gasteiger partial charge in [-0.1, -0.05) is 6.07 Å². The lowest BCUT2D eigenvalue weighted by molar-refractivity contribution is 0.413. The van der Waals surface area contributed by atoms with Crippen LogP contribution in [0.5, 0.6) is 5.75 Å². The van der Waals surface area contributed by atoms with E-state index in [0.717, 1.165) is 25.3 Å². The van der Waals surface area contributed by atoms with Crippen molar-refractivity contribution in [3.05, 3.63) is 23.8 Å². The van der Waals surface area contributed by atoms with Crippen LogP contribution in [0.1, 0.15) is 12.0 Å². The van der Waals surface area contributed by atoms with Crippen molar-refractivity contribution in [2.75, 3.05) is 32.1 Å². The van der Waals surface area contributed by atoms with Gasteiger partial charge in [-0.3, -0.25) is 0 Å². The Morgan fingerprint density at radius 2 is 2.41 bits per heavy atom. The monoisotopic (exact) mass is 238 g/mol. The highest BCUT2D eigenvalue weighted by Gasteiger charge is 2.14. The molecule has 94 valence electrons. The molecule has 1 saturated heterocycles. The highest BCUT2D eigenvalue weighted by molar-refractivity contribution is 5.57. The average Bonchev–Trinajstić information content (AvgIpc) is 2.89. The maximum absolute atomic E-state index is 12.5.